The lowest BCUT2D eigenvalue weighted by Gasteiger charge is -2.34. The minimum atomic E-state index is -0.374. The van der Waals surface area contributed by atoms with Gasteiger partial charge in [-0.25, -0.2) is 4.98 Å². The van der Waals surface area contributed by atoms with Crippen molar-refractivity contribution in [3.05, 3.63) is 124 Å². The van der Waals surface area contributed by atoms with E-state index >= 15 is 0 Å². The zero-order valence-electron chi connectivity index (χ0n) is 23.2. The molecule has 0 aliphatic carbocycles. The van der Waals surface area contributed by atoms with Crippen molar-refractivity contribution in [2.45, 2.75) is 20.4 Å². The van der Waals surface area contributed by atoms with Crippen molar-refractivity contribution in [2.24, 2.45) is 0 Å². The van der Waals surface area contributed by atoms with Crippen LogP contribution in [0.3, 0.4) is 0 Å². The number of aryl methyl sites for hydroxylation is 2. The number of fused-ring (bicyclic) bond motifs is 1. The number of nitro benzene ring substituents is 1. The fourth-order valence-corrected chi connectivity index (χ4v) is 5.53. The minimum Gasteiger partial charge on any atom is -0.336 e. The first-order valence-corrected chi connectivity index (χ1v) is 13.8. The van der Waals surface area contributed by atoms with E-state index in [1.807, 2.05) is 47.4 Å². The highest BCUT2D eigenvalue weighted by Crippen LogP contribution is 2.31. The monoisotopic (exact) mass is 545 g/mol. The maximum absolute atomic E-state index is 13.0. The van der Waals surface area contributed by atoms with Crippen molar-refractivity contribution >= 4 is 17.2 Å². The molecule has 0 radical (unpaired) electrons. The van der Waals surface area contributed by atoms with Crippen LogP contribution in [0.15, 0.2) is 91.1 Å². The summed E-state index contributed by atoms with van der Waals surface area (Å²) in [6.45, 7) is 7.50. The van der Waals surface area contributed by atoms with Crippen molar-refractivity contribution < 1.29 is 9.72 Å². The van der Waals surface area contributed by atoms with E-state index in [2.05, 4.69) is 53.6 Å². The molecule has 0 N–H and O–H groups in total. The molecular formula is C33H31N5O3. The number of nitro groups is 1. The van der Waals surface area contributed by atoms with Crippen LogP contribution in [0.2, 0.25) is 0 Å². The van der Waals surface area contributed by atoms with Gasteiger partial charge in [-0.2, -0.15) is 0 Å². The number of pyridine rings is 1. The van der Waals surface area contributed by atoms with Crippen molar-refractivity contribution in [1.29, 1.82) is 0 Å². The number of carbonyl (C=O) groups is 1. The highest BCUT2D eigenvalue weighted by molar-refractivity contribution is 5.94. The standard InChI is InChI=1S/C33H31N5O3/c1-23-11-12-24(2)29(19-23)27-13-14-31-34-32(26-9-6-10-28(20-26)38(40)41)30(37(31)21-27)22-35-15-17-36(18-16-35)33(39)25-7-4-3-5-8-25/h3-14,19-21H,15-18,22H2,1-2H3. The number of imidazole rings is 1. The summed E-state index contributed by atoms with van der Waals surface area (Å²) < 4.78 is 2.12. The third kappa shape index (κ3) is 5.34. The van der Waals surface area contributed by atoms with Gasteiger partial charge in [-0.1, -0.05) is 54.1 Å². The normalized spacial score (nSPS) is 14.0. The largest absolute Gasteiger partial charge is 0.336 e. The average molecular weight is 546 g/mol. The maximum Gasteiger partial charge on any atom is 0.270 e. The van der Waals surface area contributed by atoms with Crippen molar-refractivity contribution in [2.75, 3.05) is 26.2 Å². The third-order valence-corrected chi connectivity index (χ3v) is 7.81. The van der Waals surface area contributed by atoms with Crippen LogP contribution in [-0.2, 0) is 6.54 Å². The van der Waals surface area contributed by atoms with Crippen LogP contribution in [0.4, 0.5) is 5.69 Å². The Hall–Kier alpha value is -4.82. The third-order valence-electron chi connectivity index (χ3n) is 7.81. The van der Waals surface area contributed by atoms with Crippen LogP contribution in [0, 0.1) is 24.0 Å². The molecule has 1 aliphatic rings. The molecule has 41 heavy (non-hydrogen) atoms. The van der Waals surface area contributed by atoms with Gasteiger partial charge < -0.3 is 9.30 Å². The number of carbonyl (C=O) groups excluding carboxylic acids is 1. The molecule has 0 atom stereocenters. The number of nitrogens with zero attached hydrogens (tertiary/aromatic N) is 5. The molecule has 1 fully saturated rings. The number of hydrogen-bond acceptors (Lipinski definition) is 5. The molecule has 3 aromatic carbocycles. The van der Waals surface area contributed by atoms with Gasteiger partial charge >= 0.3 is 0 Å². The Morgan fingerprint density at radius 1 is 0.878 bits per heavy atom. The van der Waals surface area contributed by atoms with E-state index in [9.17, 15) is 14.9 Å². The summed E-state index contributed by atoms with van der Waals surface area (Å²) in [6.07, 6.45) is 2.12. The summed E-state index contributed by atoms with van der Waals surface area (Å²) in [5.74, 6) is 0.0514. The van der Waals surface area contributed by atoms with E-state index in [1.54, 1.807) is 12.1 Å². The number of aromatic nitrogens is 2. The molecule has 8 heteroatoms. The predicted octanol–water partition coefficient (Wildman–Crippen LogP) is 6.15. The molecular weight excluding hydrogens is 514 g/mol. The molecule has 0 unspecified atom stereocenters. The summed E-state index contributed by atoms with van der Waals surface area (Å²) in [7, 11) is 0. The highest BCUT2D eigenvalue weighted by Gasteiger charge is 2.25. The van der Waals surface area contributed by atoms with E-state index in [-0.39, 0.29) is 16.5 Å². The quantitative estimate of drug-likeness (QED) is 0.189. The van der Waals surface area contributed by atoms with Gasteiger partial charge in [0.2, 0.25) is 0 Å². The van der Waals surface area contributed by atoms with E-state index in [0.29, 0.717) is 30.8 Å². The molecule has 1 amide bonds. The van der Waals surface area contributed by atoms with Gasteiger partial charge in [-0.15, -0.1) is 0 Å². The fraction of sp³-hybridized carbons (Fsp3) is 0.212. The fourth-order valence-electron chi connectivity index (χ4n) is 5.53. The Balaban J connectivity index is 1.36. The van der Waals surface area contributed by atoms with Crippen LogP contribution in [0.25, 0.3) is 28.0 Å². The van der Waals surface area contributed by atoms with Crippen LogP contribution in [0.5, 0.6) is 0 Å². The molecule has 5 aromatic rings. The second-order valence-electron chi connectivity index (χ2n) is 10.6. The number of rotatable bonds is 6. The minimum absolute atomic E-state index is 0.0367. The van der Waals surface area contributed by atoms with Gasteiger partial charge in [0, 0.05) is 62.2 Å². The summed E-state index contributed by atoms with van der Waals surface area (Å²) >= 11 is 0. The van der Waals surface area contributed by atoms with Crippen molar-refractivity contribution in [3.63, 3.8) is 0 Å². The Labute approximate surface area is 238 Å². The second kappa shape index (κ2) is 11.0. The zero-order chi connectivity index (χ0) is 28.5. The molecule has 0 saturated carbocycles. The SMILES string of the molecule is Cc1ccc(C)c(-c2ccc3nc(-c4cccc([N+](=O)[O-])c4)c(CN4CCN(C(=O)c5ccccc5)CC4)n3c2)c1. The van der Waals surface area contributed by atoms with Crippen LogP contribution >= 0.6 is 0 Å². The first kappa shape index (κ1) is 26.4. The van der Waals surface area contributed by atoms with Crippen LogP contribution in [0.1, 0.15) is 27.2 Å². The molecule has 3 heterocycles. The second-order valence-corrected chi connectivity index (χ2v) is 10.6. The molecule has 1 saturated heterocycles. The summed E-state index contributed by atoms with van der Waals surface area (Å²) in [6, 6.07) is 26.6. The van der Waals surface area contributed by atoms with Crippen LogP contribution in [-0.4, -0.2) is 56.2 Å². The Kier molecular flexibility index (Phi) is 7.07. The Morgan fingerprint density at radius 3 is 2.41 bits per heavy atom. The summed E-state index contributed by atoms with van der Waals surface area (Å²) in [5.41, 5.74) is 8.57. The lowest BCUT2D eigenvalue weighted by molar-refractivity contribution is -0.384. The van der Waals surface area contributed by atoms with Crippen molar-refractivity contribution in [1.82, 2.24) is 19.2 Å². The summed E-state index contributed by atoms with van der Waals surface area (Å²) in [5, 5.41) is 11.5. The first-order valence-electron chi connectivity index (χ1n) is 13.8. The molecule has 206 valence electrons. The van der Waals surface area contributed by atoms with Crippen LogP contribution < -0.4 is 0 Å². The Morgan fingerprint density at radius 2 is 1.66 bits per heavy atom. The van der Waals surface area contributed by atoms with E-state index in [1.165, 1.54) is 17.2 Å². The van der Waals surface area contributed by atoms with Crippen molar-refractivity contribution in [3.8, 4) is 22.4 Å². The first-order chi connectivity index (χ1) is 19.9. The average Bonchev–Trinajstić information content (AvgIpc) is 3.36. The maximum atomic E-state index is 13.0. The van der Waals surface area contributed by atoms with Gasteiger partial charge in [-0.05, 0) is 54.8 Å². The van der Waals surface area contributed by atoms with Gasteiger partial charge in [0.1, 0.15) is 5.65 Å². The molecule has 0 bridgehead atoms. The molecule has 6 rings (SSSR count). The molecule has 2 aromatic heterocycles. The zero-order valence-corrected chi connectivity index (χ0v) is 23.2. The summed E-state index contributed by atoms with van der Waals surface area (Å²) in [4.78, 5) is 33.3. The molecule has 1 aliphatic heterocycles. The van der Waals surface area contributed by atoms with Gasteiger partial charge in [0.25, 0.3) is 11.6 Å². The smallest absolute Gasteiger partial charge is 0.270 e. The highest BCUT2D eigenvalue weighted by atomic mass is 16.6. The van der Waals surface area contributed by atoms with E-state index < -0.39 is 0 Å². The predicted molar refractivity (Wildman–Crippen MR) is 160 cm³/mol. The topological polar surface area (TPSA) is 84.0 Å². The van der Waals surface area contributed by atoms with Gasteiger partial charge in [0.15, 0.2) is 0 Å². The molecule has 8 nitrogen and oxygen atoms in total. The number of non-ortho nitro benzene ring substituents is 1. The van der Waals surface area contributed by atoms with E-state index in [0.717, 1.165) is 41.3 Å². The number of benzene rings is 3. The number of amides is 1. The number of piperazine rings is 1. The van der Waals surface area contributed by atoms with E-state index in [4.69, 9.17) is 4.98 Å². The molecule has 0 spiro atoms. The number of hydrogen-bond donors (Lipinski definition) is 0. The van der Waals surface area contributed by atoms with Gasteiger partial charge in [-0.3, -0.25) is 19.8 Å². The lowest BCUT2D eigenvalue weighted by Crippen LogP contribution is -2.48. The lowest BCUT2D eigenvalue weighted by atomic mass is 10.00. The van der Waals surface area contributed by atoms with Gasteiger partial charge in [0.05, 0.1) is 16.3 Å². The Bertz CT molecular complexity index is 1750.